The maximum atomic E-state index is 12.5. The second-order valence-electron chi connectivity index (χ2n) is 3.17. The second-order valence-corrected chi connectivity index (χ2v) is 3.17. The summed E-state index contributed by atoms with van der Waals surface area (Å²) in [5.41, 5.74) is 6.73. The molecule has 0 heterocycles. The molecule has 0 aliphatic heterocycles. The quantitative estimate of drug-likeness (QED) is 0.686. The van der Waals surface area contributed by atoms with Gasteiger partial charge in [0.25, 0.3) is 0 Å². The highest BCUT2D eigenvalue weighted by atomic mass is 19.1. The fourth-order valence-electron chi connectivity index (χ4n) is 1.09. The van der Waals surface area contributed by atoms with E-state index in [2.05, 4.69) is 0 Å². The van der Waals surface area contributed by atoms with Gasteiger partial charge in [-0.25, -0.2) is 4.39 Å². The lowest BCUT2D eigenvalue weighted by molar-refractivity contribution is 0.627. The van der Waals surface area contributed by atoms with Gasteiger partial charge in [-0.05, 0) is 24.6 Å². The number of benzene rings is 1. The van der Waals surface area contributed by atoms with Crippen LogP contribution in [-0.4, -0.2) is 11.8 Å². The van der Waals surface area contributed by atoms with Crippen LogP contribution in [0.3, 0.4) is 0 Å². The van der Waals surface area contributed by atoms with Crippen molar-refractivity contribution >= 4 is 5.71 Å². The molecule has 3 heteroatoms. The first-order chi connectivity index (χ1) is 6.09. The average Bonchev–Trinajstić information content (AvgIpc) is 2.04. The average molecular weight is 180 g/mol. The highest BCUT2D eigenvalue weighted by molar-refractivity contribution is 5.98. The Bertz CT molecular complexity index is 290. The maximum Gasteiger partial charge on any atom is 0.123 e. The second kappa shape index (κ2) is 4.14. The molecule has 0 aromatic heterocycles. The van der Waals surface area contributed by atoms with Gasteiger partial charge in [-0.15, -0.1) is 0 Å². The van der Waals surface area contributed by atoms with Crippen LogP contribution in [0, 0.1) is 11.2 Å². The smallest absolute Gasteiger partial charge is 0.123 e. The molecule has 0 fully saturated rings. The van der Waals surface area contributed by atoms with E-state index in [1.807, 2.05) is 6.92 Å². The van der Waals surface area contributed by atoms with Crippen molar-refractivity contribution in [1.82, 2.24) is 0 Å². The Morgan fingerprint density at radius 1 is 1.46 bits per heavy atom. The highest BCUT2D eigenvalue weighted by Gasteiger charge is 2.03. The number of nitrogens with two attached hydrogens (primary N) is 1. The van der Waals surface area contributed by atoms with E-state index in [4.69, 9.17) is 11.1 Å². The molecule has 0 aliphatic carbocycles. The summed E-state index contributed by atoms with van der Waals surface area (Å²) in [5, 5.41) is 7.63. The van der Waals surface area contributed by atoms with E-state index in [1.165, 1.54) is 12.1 Å². The highest BCUT2D eigenvalue weighted by Crippen LogP contribution is 2.06. The predicted octanol–water partition coefficient (Wildman–Crippen LogP) is 1.93. The summed E-state index contributed by atoms with van der Waals surface area (Å²) in [4.78, 5) is 0. The van der Waals surface area contributed by atoms with E-state index in [-0.39, 0.29) is 11.9 Å². The molecule has 0 radical (unpaired) electrons. The summed E-state index contributed by atoms with van der Waals surface area (Å²) in [6.07, 6.45) is 0.519. The molecule has 13 heavy (non-hydrogen) atoms. The third-order valence-electron chi connectivity index (χ3n) is 1.72. The van der Waals surface area contributed by atoms with Crippen LogP contribution >= 0.6 is 0 Å². The lowest BCUT2D eigenvalue weighted by atomic mass is 10.0. The Morgan fingerprint density at radius 3 is 2.46 bits per heavy atom. The molecule has 1 aromatic rings. The zero-order valence-electron chi connectivity index (χ0n) is 7.55. The van der Waals surface area contributed by atoms with Gasteiger partial charge >= 0.3 is 0 Å². The molecule has 1 aromatic carbocycles. The van der Waals surface area contributed by atoms with Crippen LogP contribution in [0.5, 0.6) is 0 Å². The van der Waals surface area contributed by atoms with Crippen LogP contribution < -0.4 is 5.73 Å². The molecule has 70 valence electrons. The third-order valence-corrected chi connectivity index (χ3v) is 1.72. The standard InChI is InChI=1S/C10H13FN2/c1-7(12)6-10(13)8-2-4-9(11)5-3-8/h2-5,7,13H,6,12H2,1H3/t7-/m0/s1. The molecular formula is C10H13FN2. The first-order valence-electron chi connectivity index (χ1n) is 4.18. The summed E-state index contributed by atoms with van der Waals surface area (Å²) < 4.78 is 12.5. The van der Waals surface area contributed by atoms with Gasteiger partial charge in [0.05, 0.1) is 0 Å². The topological polar surface area (TPSA) is 49.9 Å². The maximum absolute atomic E-state index is 12.5. The van der Waals surface area contributed by atoms with E-state index in [0.29, 0.717) is 12.1 Å². The summed E-state index contributed by atoms with van der Waals surface area (Å²) in [6, 6.07) is 5.87. The van der Waals surface area contributed by atoms with Crippen molar-refractivity contribution in [1.29, 1.82) is 5.41 Å². The van der Waals surface area contributed by atoms with Gasteiger partial charge < -0.3 is 11.1 Å². The number of halogens is 1. The molecular weight excluding hydrogens is 167 g/mol. The number of hydrogen-bond acceptors (Lipinski definition) is 2. The van der Waals surface area contributed by atoms with E-state index < -0.39 is 0 Å². The number of nitrogens with one attached hydrogen (secondary N) is 1. The fraction of sp³-hybridized carbons (Fsp3) is 0.300. The van der Waals surface area contributed by atoms with Gasteiger partial charge in [0.15, 0.2) is 0 Å². The molecule has 1 atom stereocenters. The van der Waals surface area contributed by atoms with E-state index in [0.717, 1.165) is 5.56 Å². The van der Waals surface area contributed by atoms with Crippen molar-refractivity contribution in [3.05, 3.63) is 35.6 Å². The minimum atomic E-state index is -0.280. The SMILES string of the molecule is C[C@H](N)CC(=N)c1ccc(F)cc1. The fourth-order valence-corrected chi connectivity index (χ4v) is 1.09. The Balaban J connectivity index is 2.72. The Labute approximate surface area is 77.1 Å². The normalized spacial score (nSPS) is 12.5. The minimum absolute atomic E-state index is 0.0300. The van der Waals surface area contributed by atoms with Crippen molar-refractivity contribution < 1.29 is 4.39 Å². The van der Waals surface area contributed by atoms with Crippen LogP contribution in [0.15, 0.2) is 24.3 Å². The molecule has 0 saturated carbocycles. The van der Waals surface area contributed by atoms with Gasteiger partial charge in [-0.2, -0.15) is 0 Å². The van der Waals surface area contributed by atoms with Gasteiger partial charge in [0, 0.05) is 18.2 Å². The Kier molecular flexibility index (Phi) is 3.14. The van der Waals surface area contributed by atoms with Crippen molar-refractivity contribution in [2.45, 2.75) is 19.4 Å². The van der Waals surface area contributed by atoms with E-state index in [9.17, 15) is 4.39 Å². The van der Waals surface area contributed by atoms with Gasteiger partial charge in [-0.1, -0.05) is 12.1 Å². The Hall–Kier alpha value is -1.22. The van der Waals surface area contributed by atoms with E-state index >= 15 is 0 Å². The first kappa shape index (κ1) is 9.86. The monoisotopic (exact) mass is 180 g/mol. The van der Waals surface area contributed by atoms with Crippen LogP contribution in [0.25, 0.3) is 0 Å². The zero-order chi connectivity index (χ0) is 9.84. The summed E-state index contributed by atoms with van der Waals surface area (Å²) >= 11 is 0. The molecule has 2 nitrogen and oxygen atoms in total. The van der Waals surface area contributed by atoms with Crippen molar-refractivity contribution in [2.24, 2.45) is 5.73 Å². The molecule has 1 rings (SSSR count). The van der Waals surface area contributed by atoms with Crippen LogP contribution in [0.4, 0.5) is 4.39 Å². The lowest BCUT2D eigenvalue weighted by Crippen LogP contribution is -2.19. The molecule has 0 spiro atoms. The van der Waals surface area contributed by atoms with E-state index in [1.54, 1.807) is 12.1 Å². The lowest BCUT2D eigenvalue weighted by Gasteiger charge is -2.06. The van der Waals surface area contributed by atoms with Crippen LogP contribution in [-0.2, 0) is 0 Å². The summed E-state index contributed by atoms with van der Waals surface area (Å²) in [5.74, 6) is -0.280. The van der Waals surface area contributed by atoms with Crippen molar-refractivity contribution in [3.8, 4) is 0 Å². The van der Waals surface area contributed by atoms with Gasteiger partial charge in [0.1, 0.15) is 5.82 Å². The van der Waals surface area contributed by atoms with Crippen LogP contribution in [0.1, 0.15) is 18.9 Å². The molecule has 0 bridgehead atoms. The summed E-state index contributed by atoms with van der Waals surface area (Å²) in [7, 11) is 0. The van der Waals surface area contributed by atoms with Crippen molar-refractivity contribution in [3.63, 3.8) is 0 Å². The van der Waals surface area contributed by atoms with Gasteiger partial charge in [0.2, 0.25) is 0 Å². The minimum Gasteiger partial charge on any atom is -0.328 e. The molecule has 0 saturated heterocycles. The molecule has 0 unspecified atom stereocenters. The largest absolute Gasteiger partial charge is 0.328 e. The predicted molar refractivity (Wildman–Crippen MR) is 51.5 cm³/mol. The van der Waals surface area contributed by atoms with Crippen molar-refractivity contribution in [2.75, 3.05) is 0 Å². The number of rotatable bonds is 3. The van der Waals surface area contributed by atoms with Crippen LogP contribution in [0.2, 0.25) is 0 Å². The third kappa shape index (κ3) is 2.95. The zero-order valence-corrected chi connectivity index (χ0v) is 7.55. The summed E-state index contributed by atoms with van der Waals surface area (Å²) in [6.45, 7) is 1.85. The molecule has 0 amide bonds. The molecule has 0 aliphatic rings. The molecule has 3 N–H and O–H groups in total. The number of hydrogen-bond donors (Lipinski definition) is 2. The first-order valence-corrected chi connectivity index (χ1v) is 4.18. The Morgan fingerprint density at radius 2 is 2.00 bits per heavy atom. The van der Waals surface area contributed by atoms with Gasteiger partial charge in [-0.3, -0.25) is 0 Å².